The maximum atomic E-state index is 12.9. The smallest absolute Gasteiger partial charge is 0.253 e. The summed E-state index contributed by atoms with van der Waals surface area (Å²) in [4.78, 5) is 37.6. The van der Waals surface area contributed by atoms with Gasteiger partial charge in [0.25, 0.3) is 11.8 Å². The van der Waals surface area contributed by atoms with E-state index in [1.54, 1.807) is 11.1 Å². The Morgan fingerprint density at radius 3 is 2.33 bits per heavy atom. The van der Waals surface area contributed by atoms with Crippen molar-refractivity contribution >= 4 is 22.8 Å². The van der Waals surface area contributed by atoms with Crippen LogP contribution in [0.1, 0.15) is 16.8 Å². The first-order chi connectivity index (χ1) is 14.7. The lowest BCUT2D eigenvalue weighted by Crippen LogP contribution is -2.54. The highest BCUT2D eigenvalue weighted by Gasteiger charge is 2.33. The zero-order valence-electron chi connectivity index (χ0n) is 16.5. The van der Waals surface area contributed by atoms with Gasteiger partial charge in [0.1, 0.15) is 6.10 Å². The fourth-order valence-corrected chi connectivity index (χ4v) is 3.86. The van der Waals surface area contributed by atoms with Gasteiger partial charge in [0, 0.05) is 56.1 Å². The van der Waals surface area contributed by atoms with E-state index < -0.39 is 0 Å². The number of benzene rings is 1. The molecular weight excluding hydrogens is 380 g/mol. The van der Waals surface area contributed by atoms with E-state index in [4.69, 9.17) is 4.74 Å². The quantitative estimate of drug-likeness (QED) is 0.672. The van der Waals surface area contributed by atoms with Crippen molar-refractivity contribution in [1.82, 2.24) is 19.8 Å². The molecule has 1 aromatic carbocycles. The summed E-state index contributed by atoms with van der Waals surface area (Å²) in [6.07, 6.45) is 4.09. The van der Waals surface area contributed by atoms with Gasteiger partial charge in [-0.25, -0.2) is 0 Å². The minimum absolute atomic E-state index is 0.00755. The van der Waals surface area contributed by atoms with Crippen LogP contribution in [-0.4, -0.2) is 70.5 Å². The van der Waals surface area contributed by atoms with Gasteiger partial charge < -0.3 is 14.5 Å². The van der Waals surface area contributed by atoms with E-state index in [9.17, 15) is 9.59 Å². The van der Waals surface area contributed by atoms with Gasteiger partial charge >= 0.3 is 0 Å². The fourth-order valence-electron chi connectivity index (χ4n) is 3.86. The molecule has 2 aromatic heterocycles. The van der Waals surface area contributed by atoms with Crippen LogP contribution in [0.25, 0.3) is 22.2 Å². The van der Waals surface area contributed by atoms with Gasteiger partial charge in [-0.3, -0.25) is 19.6 Å². The Morgan fingerprint density at radius 2 is 1.63 bits per heavy atom. The topological polar surface area (TPSA) is 75.6 Å². The van der Waals surface area contributed by atoms with Gasteiger partial charge in [-0.1, -0.05) is 12.1 Å². The third-order valence-electron chi connectivity index (χ3n) is 5.77. The first kappa shape index (κ1) is 18.7. The number of carbonyl (C=O) groups excluding carboxylic acids is 2. The van der Waals surface area contributed by atoms with Crippen molar-refractivity contribution in [3.8, 4) is 11.1 Å². The predicted octanol–water partition coefficient (Wildman–Crippen LogP) is 2.37. The van der Waals surface area contributed by atoms with Crippen LogP contribution in [0.15, 0.2) is 54.9 Å². The maximum Gasteiger partial charge on any atom is 0.253 e. The van der Waals surface area contributed by atoms with Gasteiger partial charge in [0.05, 0.1) is 17.6 Å². The Hall–Kier alpha value is -3.32. The van der Waals surface area contributed by atoms with Gasteiger partial charge in [-0.05, 0) is 35.9 Å². The third kappa shape index (κ3) is 3.52. The minimum Gasteiger partial charge on any atom is -0.368 e. The van der Waals surface area contributed by atoms with Crippen molar-refractivity contribution in [3.05, 3.63) is 60.4 Å². The number of hydrogen-bond donors (Lipinski definition) is 0. The largest absolute Gasteiger partial charge is 0.368 e. The summed E-state index contributed by atoms with van der Waals surface area (Å²) in [7, 11) is 0. The number of fused-ring (bicyclic) bond motifs is 1. The SMILES string of the molecule is O=C(c1ccc(-c2cnc3cccnc3c2)cc1)N1CCN(C(=O)C2CCO2)CC1. The van der Waals surface area contributed by atoms with E-state index in [-0.39, 0.29) is 17.9 Å². The molecule has 1 unspecified atom stereocenters. The van der Waals surface area contributed by atoms with E-state index in [1.807, 2.05) is 53.6 Å². The maximum absolute atomic E-state index is 12.9. The second kappa shape index (κ2) is 7.84. The van der Waals surface area contributed by atoms with Crippen LogP contribution in [-0.2, 0) is 9.53 Å². The summed E-state index contributed by atoms with van der Waals surface area (Å²) in [6, 6.07) is 13.4. The third-order valence-corrected chi connectivity index (χ3v) is 5.77. The van der Waals surface area contributed by atoms with Crippen molar-refractivity contribution in [3.63, 3.8) is 0 Å². The zero-order chi connectivity index (χ0) is 20.5. The van der Waals surface area contributed by atoms with Crippen molar-refractivity contribution < 1.29 is 14.3 Å². The summed E-state index contributed by atoms with van der Waals surface area (Å²) in [5.74, 6) is 0.0445. The molecule has 3 aromatic rings. The molecule has 5 rings (SSSR count). The lowest BCUT2D eigenvalue weighted by molar-refractivity contribution is -0.157. The van der Waals surface area contributed by atoms with E-state index >= 15 is 0 Å². The Labute approximate surface area is 174 Å². The molecule has 152 valence electrons. The van der Waals surface area contributed by atoms with E-state index in [0.29, 0.717) is 38.3 Å². The standard InChI is InChI=1S/C23H22N4O3/c28-22(26-9-11-27(12-10-26)23(29)21-7-13-30-21)17-5-3-16(4-6-17)18-14-20-19(25-15-18)2-1-8-24-20/h1-6,8,14-15,21H,7,9-13H2. The summed E-state index contributed by atoms with van der Waals surface area (Å²) >= 11 is 0. The number of carbonyl (C=O) groups is 2. The lowest BCUT2D eigenvalue weighted by Gasteiger charge is -2.38. The van der Waals surface area contributed by atoms with Crippen LogP contribution in [0, 0.1) is 0 Å². The number of hydrogen-bond acceptors (Lipinski definition) is 5. The van der Waals surface area contributed by atoms with Gasteiger partial charge in [-0.2, -0.15) is 0 Å². The summed E-state index contributed by atoms with van der Waals surface area (Å²) in [5.41, 5.74) is 4.30. The predicted molar refractivity (Wildman–Crippen MR) is 112 cm³/mol. The van der Waals surface area contributed by atoms with E-state index in [1.165, 1.54) is 0 Å². The molecule has 0 aliphatic carbocycles. The van der Waals surface area contributed by atoms with Crippen LogP contribution in [0.3, 0.4) is 0 Å². The van der Waals surface area contributed by atoms with Crippen LogP contribution in [0.5, 0.6) is 0 Å². The highest BCUT2D eigenvalue weighted by Crippen LogP contribution is 2.23. The Kier molecular flexibility index (Phi) is 4.88. The molecule has 0 N–H and O–H groups in total. The summed E-state index contributed by atoms with van der Waals surface area (Å²) in [6.45, 7) is 2.85. The molecule has 0 bridgehead atoms. The molecule has 2 aliphatic heterocycles. The highest BCUT2D eigenvalue weighted by molar-refractivity contribution is 5.95. The number of amides is 2. The molecule has 1 atom stereocenters. The van der Waals surface area contributed by atoms with E-state index in [2.05, 4.69) is 9.97 Å². The van der Waals surface area contributed by atoms with Crippen LogP contribution in [0.2, 0.25) is 0 Å². The Bertz CT molecular complexity index is 1090. The molecule has 2 saturated heterocycles. The molecule has 0 radical (unpaired) electrons. The number of piperazine rings is 1. The fraction of sp³-hybridized carbons (Fsp3) is 0.304. The molecule has 0 saturated carbocycles. The van der Waals surface area contributed by atoms with Crippen molar-refractivity contribution in [2.75, 3.05) is 32.8 Å². The van der Waals surface area contributed by atoms with Crippen molar-refractivity contribution in [1.29, 1.82) is 0 Å². The van der Waals surface area contributed by atoms with Gasteiger partial charge in [0.2, 0.25) is 0 Å². The zero-order valence-corrected chi connectivity index (χ0v) is 16.5. The van der Waals surface area contributed by atoms with Crippen LogP contribution in [0.4, 0.5) is 0 Å². The molecule has 4 heterocycles. The second-order valence-electron chi connectivity index (χ2n) is 7.61. The Morgan fingerprint density at radius 1 is 0.900 bits per heavy atom. The average Bonchev–Trinajstić information content (AvgIpc) is 2.77. The highest BCUT2D eigenvalue weighted by atomic mass is 16.5. The molecule has 0 spiro atoms. The minimum atomic E-state index is -0.278. The summed E-state index contributed by atoms with van der Waals surface area (Å²) in [5, 5.41) is 0. The van der Waals surface area contributed by atoms with Crippen molar-refractivity contribution in [2.24, 2.45) is 0 Å². The number of rotatable bonds is 3. The number of aromatic nitrogens is 2. The number of ether oxygens (including phenoxy) is 1. The molecule has 30 heavy (non-hydrogen) atoms. The van der Waals surface area contributed by atoms with Gasteiger partial charge in [-0.15, -0.1) is 0 Å². The monoisotopic (exact) mass is 402 g/mol. The molecule has 7 heteroatoms. The van der Waals surface area contributed by atoms with E-state index in [0.717, 1.165) is 28.6 Å². The normalized spacial score (nSPS) is 18.9. The molecule has 2 fully saturated rings. The van der Waals surface area contributed by atoms with Crippen molar-refractivity contribution in [2.45, 2.75) is 12.5 Å². The molecular formula is C23H22N4O3. The summed E-state index contributed by atoms with van der Waals surface area (Å²) < 4.78 is 5.28. The average molecular weight is 402 g/mol. The molecule has 7 nitrogen and oxygen atoms in total. The van der Waals surface area contributed by atoms with Gasteiger partial charge in [0.15, 0.2) is 0 Å². The van der Waals surface area contributed by atoms with Crippen LogP contribution < -0.4 is 0 Å². The first-order valence-corrected chi connectivity index (χ1v) is 10.2. The van der Waals surface area contributed by atoms with Crippen LogP contribution >= 0.6 is 0 Å². The first-order valence-electron chi connectivity index (χ1n) is 10.2. The number of pyridine rings is 2. The number of nitrogens with zero attached hydrogens (tertiary/aromatic N) is 4. The second-order valence-corrected chi connectivity index (χ2v) is 7.61. The Balaban J connectivity index is 1.25. The molecule has 2 amide bonds. The lowest BCUT2D eigenvalue weighted by atomic mass is 10.0. The molecule has 2 aliphatic rings.